The third kappa shape index (κ3) is 3.24. The summed E-state index contributed by atoms with van der Waals surface area (Å²) in [6.45, 7) is 0.529. The monoisotopic (exact) mass is 306 g/mol. The molecule has 2 rings (SSSR count). The van der Waals surface area contributed by atoms with E-state index in [1.807, 2.05) is 0 Å². The number of ether oxygens (including phenoxy) is 1. The van der Waals surface area contributed by atoms with Gasteiger partial charge in [-0.1, -0.05) is 11.6 Å². The van der Waals surface area contributed by atoms with E-state index in [-0.39, 0.29) is 16.5 Å². The van der Waals surface area contributed by atoms with Crippen molar-refractivity contribution in [1.82, 2.24) is 9.71 Å². The Morgan fingerprint density at radius 1 is 1.47 bits per heavy atom. The molecule has 0 aromatic carbocycles. The second-order valence-corrected chi connectivity index (χ2v) is 6.52. The number of halogens is 1. The number of hydrogen-bond acceptors (Lipinski definition) is 5. The molecule has 1 fully saturated rings. The van der Waals surface area contributed by atoms with E-state index in [9.17, 15) is 13.5 Å². The van der Waals surface area contributed by atoms with Gasteiger partial charge in [0, 0.05) is 25.6 Å². The molecule has 1 aliphatic rings. The lowest BCUT2D eigenvalue weighted by Gasteiger charge is -2.35. The fraction of sp³-hybridized carbons (Fsp3) is 0.545. The minimum atomic E-state index is -3.82. The Bertz CT molecular complexity index is 543. The average molecular weight is 307 g/mol. The largest absolute Gasteiger partial charge is 0.394 e. The molecule has 0 atom stereocenters. The molecule has 19 heavy (non-hydrogen) atoms. The predicted molar refractivity (Wildman–Crippen MR) is 69.4 cm³/mol. The second kappa shape index (κ2) is 5.72. The zero-order valence-electron chi connectivity index (χ0n) is 10.2. The molecule has 0 bridgehead atoms. The van der Waals surface area contributed by atoms with Crippen LogP contribution in [0, 0.1) is 0 Å². The van der Waals surface area contributed by atoms with Crippen LogP contribution in [0.1, 0.15) is 12.8 Å². The van der Waals surface area contributed by atoms with Crippen LogP contribution in [0.25, 0.3) is 0 Å². The topological polar surface area (TPSA) is 88.5 Å². The first-order valence-electron chi connectivity index (χ1n) is 5.81. The first-order valence-corrected chi connectivity index (χ1v) is 7.67. The summed E-state index contributed by atoms with van der Waals surface area (Å²) in [6.07, 6.45) is 3.44. The van der Waals surface area contributed by atoms with Crippen molar-refractivity contribution in [1.29, 1.82) is 0 Å². The van der Waals surface area contributed by atoms with Crippen molar-refractivity contribution in [3.8, 4) is 0 Å². The average Bonchev–Trinajstić information content (AvgIpc) is 2.39. The second-order valence-electron chi connectivity index (χ2n) is 4.46. The highest BCUT2D eigenvalue weighted by Gasteiger charge is 2.37. The maximum absolute atomic E-state index is 12.3. The van der Waals surface area contributed by atoms with Gasteiger partial charge >= 0.3 is 0 Å². The number of hydrogen-bond donors (Lipinski definition) is 2. The van der Waals surface area contributed by atoms with Gasteiger partial charge < -0.3 is 9.84 Å². The number of pyridine rings is 1. The van der Waals surface area contributed by atoms with Crippen LogP contribution < -0.4 is 4.72 Å². The minimum Gasteiger partial charge on any atom is -0.394 e. The third-order valence-electron chi connectivity index (χ3n) is 3.13. The van der Waals surface area contributed by atoms with Crippen molar-refractivity contribution >= 4 is 21.6 Å². The quantitative estimate of drug-likeness (QED) is 0.848. The molecular weight excluding hydrogens is 292 g/mol. The summed E-state index contributed by atoms with van der Waals surface area (Å²) < 4.78 is 32.3. The number of aliphatic hydroxyl groups excluding tert-OH is 1. The Kier molecular flexibility index (Phi) is 4.42. The lowest BCUT2D eigenvalue weighted by atomic mass is 9.93. The SMILES string of the molecule is O=S(=O)(NC1(CO)CCOCC1)c1cnccc1Cl. The zero-order chi connectivity index (χ0) is 13.9. The molecule has 0 aliphatic carbocycles. The molecule has 0 radical (unpaired) electrons. The van der Waals surface area contributed by atoms with Crippen molar-refractivity contribution in [3.05, 3.63) is 23.5 Å². The highest BCUT2D eigenvalue weighted by atomic mass is 35.5. The van der Waals surface area contributed by atoms with Gasteiger partial charge in [0.15, 0.2) is 0 Å². The minimum absolute atomic E-state index is 0.0871. The van der Waals surface area contributed by atoms with Gasteiger partial charge in [0.25, 0.3) is 0 Å². The van der Waals surface area contributed by atoms with Gasteiger partial charge in [0.1, 0.15) is 4.90 Å². The molecule has 1 aromatic rings. The zero-order valence-corrected chi connectivity index (χ0v) is 11.7. The number of nitrogens with zero attached hydrogens (tertiary/aromatic N) is 1. The highest BCUT2D eigenvalue weighted by molar-refractivity contribution is 7.89. The maximum Gasteiger partial charge on any atom is 0.244 e. The van der Waals surface area contributed by atoms with E-state index < -0.39 is 15.6 Å². The van der Waals surface area contributed by atoms with Crippen LogP contribution in [-0.4, -0.2) is 43.9 Å². The number of aromatic nitrogens is 1. The molecule has 0 amide bonds. The number of rotatable bonds is 4. The van der Waals surface area contributed by atoms with E-state index in [1.165, 1.54) is 18.5 Å². The summed E-state index contributed by atoms with van der Waals surface area (Å²) in [5.41, 5.74) is -0.893. The van der Waals surface area contributed by atoms with Crippen LogP contribution in [0.2, 0.25) is 5.02 Å². The van der Waals surface area contributed by atoms with Crippen molar-refractivity contribution in [2.75, 3.05) is 19.8 Å². The van der Waals surface area contributed by atoms with E-state index in [2.05, 4.69) is 9.71 Å². The van der Waals surface area contributed by atoms with Gasteiger partial charge in [0.2, 0.25) is 10.0 Å². The van der Waals surface area contributed by atoms with Crippen LogP contribution in [-0.2, 0) is 14.8 Å². The van der Waals surface area contributed by atoms with Gasteiger partial charge in [-0.2, -0.15) is 0 Å². The summed E-state index contributed by atoms with van der Waals surface area (Å²) in [5.74, 6) is 0. The van der Waals surface area contributed by atoms with Crippen LogP contribution in [0.4, 0.5) is 0 Å². The summed E-state index contributed by atoms with van der Waals surface area (Å²) in [6, 6.07) is 1.41. The fourth-order valence-electron chi connectivity index (χ4n) is 1.96. The van der Waals surface area contributed by atoms with Gasteiger partial charge in [-0.15, -0.1) is 0 Å². The Morgan fingerprint density at radius 3 is 2.74 bits per heavy atom. The first-order chi connectivity index (χ1) is 8.99. The Labute approximate surface area is 116 Å². The van der Waals surface area contributed by atoms with Gasteiger partial charge in [-0.3, -0.25) is 4.98 Å². The molecule has 1 aliphatic heterocycles. The lowest BCUT2D eigenvalue weighted by Crippen LogP contribution is -2.54. The maximum atomic E-state index is 12.3. The first kappa shape index (κ1) is 14.7. The number of sulfonamides is 1. The molecule has 1 aromatic heterocycles. The third-order valence-corrected chi connectivity index (χ3v) is 5.17. The summed E-state index contributed by atoms with van der Waals surface area (Å²) in [5, 5.41) is 9.59. The fourth-order valence-corrected chi connectivity index (χ4v) is 3.84. The van der Waals surface area contributed by atoms with Gasteiger partial charge in [-0.25, -0.2) is 13.1 Å². The van der Waals surface area contributed by atoms with Crippen LogP contribution in [0.3, 0.4) is 0 Å². The van der Waals surface area contributed by atoms with Crippen LogP contribution in [0.5, 0.6) is 0 Å². The van der Waals surface area contributed by atoms with Gasteiger partial charge in [0.05, 0.1) is 17.2 Å². The Balaban J connectivity index is 2.28. The van der Waals surface area contributed by atoms with Crippen molar-refractivity contribution in [2.45, 2.75) is 23.3 Å². The van der Waals surface area contributed by atoms with E-state index >= 15 is 0 Å². The van der Waals surface area contributed by atoms with Crippen LogP contribution in [0.15, 0.2) is 23.4 Å². The summed E-state index contributed by atoms with van der Waals surface area (Å²) in [4.78, 5) is 3.68. The molecule has 6 nitrogen and oxygen atoms in total. The molecule has 2 N–H and O–H groups in total. The number of aliphatic hydroxyl groups is 1. The molecule has 0 saturated carbocycles. The van der Waals surface area contributed by atoms with Crippen molar-refractivity contribution in [2.24, 2.45) is 0 Å². The van der Waals surface area contributed by atoms with Gasteiger partial charge in [-0.05, 0) is 18.9 Å². The smallest absolute Gasteiger partial charge is 0.244 e. The molecule has 0 unspecified atom stereocenters. The molecule has 1 saturated heterocycles. The summed E-state index contributed by atoms with van der Waals surface area (Å²) >= 11 is 5.87. The Hall–Kier alpha value is -0.730. The predicted octanol–water partition coefficient (Wildman–Crippen LogP) is 0.555. The molecule has 2 heterocycles. The standard InChI is InChI=1S/C11H15ClN2O4S/c12-9-1-4-13-7-10(9)19(16,17)14-11(8-15)2-5-18-6-3-11/h1,4,7,14-15H,2-3,5-6,8H2. The van der Waals surface area contributed by atoms with E-state index in [4.69, 9.17) is 16.3 Å². The lowest BCUT2D eigenvalue weighted by molar-refractivity contribution is 0.0223. The molecule has 106 valence electrons. The normalized spacial score (nSPS) is 19.3. The van der Waals surface area contributed by atoms with Crippen LogP contribution >= 0.6 is 11.6 Å². The Morgan fingerprint density at radius 2 is 2.16 bits per heavy atom. The molecule has 8 heteroatoms. The molecule has 0 spiro atoms. The van der Waals surface area contributed by atoms with E-state index in [1.54, 1.807) is 0 Å². The van der Waals surface area contributed by atoms with Crippen molar-refractivity contribution in [3.63, 3.8) is 0 Å². The summed E-state index contributed by atoms with van der Waals surface area (Å²) in [7, 11) is -3.82. The van der Waals surface area contributed by atoms with Crippen molar-refractivity contribution < 1.29 is 18.3 Å². The van der Waals surface area contributed by atoms with E-state index in [0.29, 0.717) is 26.1 Å². The highest BCUT2D eigenvalue weighted by Crippen LogP contribution is 2.25. The number of nitrogens with one attached hydrogen (secondary N) is 1. The van der Waals surface area contributed by atoms with E-state index in [0.717, 1.165) is 0 Å². The molecular formula is C11H15ClN2O4S.